The SMILES string of the molecule is C=CC(=O)OC.O=C(O)c1ccccc1.[Zn]. The number of hydrogen-bond donors (Lipinski definition) is 1. The Morgan fingerprint density at radius 2 is 1.81 bits per heavy atom. The third kappa shape index (κ3) is 7.88. The molecule has 0 aliphatic heterocycles. The standard InChI is InChI=1S/C7H6O2.C4H6O2.Zn/c8-7(9)6-4-2-1-3-5-6;1-3-4(5)6-2;/h1-5H,(H,8,9);3H,1H2,2H3;. The molecule has 0 fully saturated rings. The summed E-state index contributed by atoms with van der Waals surface area (Å²) in [5.41, 5.74) is 0.331. The van der Waals surface area contributed by atoms with Crippen molar-refractivity contribution in [3.05, 3.63) is 48.6 Å². The van der Waals surface area contributed by atoms with Crippen molar-refractivity contribution in [2.45, 2.75) is 0 Å². The van der Waals surface area contributed by atoms with Gasteiger partial charge in [0.1, 0.15) is 0 Å². The summed E-state index contributed by atoms with van der Waals surface area (Å²) in [4.78, 5) is 20.0. The van der Waals surface area contributed by atoms with E-state index >= 15 is 0 Å². The molecule has 0 aromatic heterocycles. The number of esters is 1. The van der Waals surface area contributed by atoms with E-state index in [2.05, 4.69) is 11.3 Å². The van der Waals surface area contributed by atoms with E-state index in [4.69, 9.17) is 5.11 Å². The zero-order valence-corrected chi connectivity index (χ0v) is 12.0. The van der Waals surface area contributed by atoms with E-state index < -0.39 is 11.9 Å². The summed E-state index contributed by atoms with van der Waals surface area (Å²) in [6.45, 7) is 3.16. The predicted octanol–water partition coefficient (Wildman–Crippen LogP) is 1.73. The molecule has 0 aliphatic carbocycles. The van der Waals surface area contributed by atoms with E-state index in [9.17, 15) is 9.59 Å². The van der Waals surface area contributed by atoms with E-state index in [1.807, 2.05) is 0 Å². The molecule has 4 nitrogen and oxygen atoms in total. The Kier molecular flexibility index (Phi) is 10.6. The molecule has 0 saturated heterocycles. The number of methoxy groups -OCH3 is 1. The van der Waals surface area contributed by atoms with Crippen LogP contribution in [-0.4, -0.2) is 24.2 Å². The number of carboxylic acids is 1. The quantitative estimate of drug-likeness (QED) is 0.506. The maximum Gasteiger partial charge on any atom is 0.335 e. The summed E-state index contributed by atoms with van der Waals surface area (Å²) in [5.74, 6) is -1.27. The van der Waals surface area contributed by atoms with Gasteiger partial charge in [-0.15, -0.1) is 0 Å². The summed E-state index contributed by atoms with van der Waals surface area (Å²) in [6, 6.07) is 8.30. The average Bonchev–Trinajstić information content (AvgIpc) is 2.30. The van der Waals surface area contributed by atoms with Crippen LogP contribution in [0.1, 0.15) is 10.4 Å². The first-order valence-corrected chi connectivity index (χ1v) is 4.10. The smallest absolute Gasteiger partial charge is 0.335 e. The Balaban J connectivity index is 0. The van der Waals surface area contributed by atoms with Gasteiger partial charge in [0.05, 0.1) is 12.7 Å². The monoisotopic (exact) mass is 272 g/mol. The molecule has 0 saturated carbocycles. The molecule has 1 rings (SSSR count). The minimum absolute atomic E-state index is 0. The maximum atomic E-state index is 10.2. The summed E-state index contributed by atoms with van der Waals surface area (Å²) < 4.78 is 4.14. The molecule has 1 aromatic rings. The van der Waals surface area contributed by atoms with Crippen molar-refractivity contribution in [1.29, 1.82) is 0 Å². The summed E-state index contributed by atoms with van der Waals surface area (Å²) in [7, 11) is 1.31. The molecule has 0 heterocycles. The van der Waals surface area contributed by atoms with Crippen molar-refractivity contribution < 1.29 is 38.9 Å². The van der Waals surface area contributed by atoms with Crippen molar-refractivity contribution in [3.8, 4) is 0 Å². The van der Waals surface area contributed by atoms with Gasteiger partial charge in [-0.05, 0) is 12.1 Å². The Morgan fingerprint density at radius 3 is 2.00 bits per heavy atom. The normalized spacial score (nSPS) is 7.56. The Morgan fingerprint density at radius 1 is 1.31 bits per heavy atom. The number of rotatable bonds is 2. The van der Waals surface area contributed by atoms with Crippen molar-refractivity contribution >= 4 is 11.9 Å². The van der Waals surface area contributed by atoms with Gasteiger partial charge < -0.3 is 9.84 Å². The van der Waals surface area contributed by atoms with Crippen molar-refractivity contribution in [3.63, 3.8) is 0 Å². The van der Waals surface area contributed by atoms with Crippen LogP contribution >= 0.6 is 0 Å². The number of hydrogen-bond acceptors (Lipinski definition) is 3. The molecule has 0 spiro atoms. The van der Waals surface area contributed by atoms with Crippen LogP contribution in [0.15, 0.2) is 43.0 Å². The molecule has 0 bridgehead atoms. The first-order chi connectivity index (χ1) is 7.11. The van der Waals surface area contributed by atoms with Crippen molar-refractivity contribution in [2.24, 2.45) is 0 Å². The number of benzene rings is 1. The van der Waals surface area contributed by atoms with Crippen LogP contribution < -0.4 is 0 Å². The molecule has 0 amide bonds. The fourth-order valence-corrected chi connectivity index (χ4v) is 0.664. The van der Waals surface area contributed by atoms with Crippen LogP contribution in [-0.2, 0) is 29.0 Å². The second kappa shape index (κ2) is 10.1. The Bertz CT molecular complexity index is 335. The van der Waals surface area contributed by atoms with Crippen molar-refractivity contribution in [2.75, 3.05) is 7.11 Å². The van der Waals surface area contributed by atoms with E-state index in [0.29, 0.717) is 5.56 Å². The van der Waals surface area contributed by atoms with Crippen LogP contribution in [0.2, 0.25) is 0 Å². The predicted molar refractivity (Wildman–Crippen MR) is 55.6 cm³/mol. The van der Waals surface area contributed by atoms with Gasteiger partial charge in [-0.25, -0.2) is 9.59 Å². The topological polar surface area (TPSA) is 63.6 Å². The molecule has 0 unspecified atom stereocenters. The largest absolute Gasteiger partial charge is 0.478 e. The van der Waals surface area contributed by atoms with Gasteiger partial charge in [-0.1, -0.05) is 24.8 Å². The second-order valence-corrected chi connectivity index (χ2v) is 2.40. The van der Waals surface area contributed by atoms with Gasteiger partial charge >= 0.3 is 11.9 Å². The van der Waals surface area contributed by atoms with Gasteiger partial charge in [0.2, 0.25) is 0 Å². The van der Waals surface area contributed by atoms with Crippen LogP contribution in [0.25, 0.3) is 0 Å². The zero-order chi connectivity index (χ0) is 11.7. The molecule has 0 radical (unpaired) electrons. The van der Waals surface area contributed by atoms with E-state index in [-0.39, 0.29) is 19.5 Å². The van der Waals surface area contributed by atoms with E-state index in [1.54, 1.807) is 30.3 Å². The third-order valence-corrected chi connectivity index (χ3v) is 1.39. The van der Waals surface area contributed by atoms with Crippen LogP contribution in [0.4, 0.5) is 0 Å². The summed E-state index contributed by atoms with van der Waals surface area (Å²) in [6.07, 6.45) is 1.11. The average molecular weight is 274 g/mol. The first-order valence-electron chi connectivity index (χ1n) is 4.10. The number of carboxylic acid groups (broad SMARTS) is 1. The molecule has 1 N–H and O–H groups in total. The number of ether oxygens (including phenoxy) is 1. The minimum atomic E-state index is -0.879. The molecule has 82 valence electrons. The number of carbonyl (C=O) groups is 2. The fourth-order valence-electron chi connectivity index (χ4n) is 0.664. The van der Waals surface area contributed by atoms with Gasteiger partial charge in [0, 0.05) is 25.6 Å². The second-order valence-electron chi connectivity index (χ2n) is 2.40. The van der Waals surface area contributed by atoms with Crippen LogP contribution in [0, 0.1) is 0 Å². The molecule has 16 heavy (non-hydrogen) atoms. The molecular formula is C11H12O4Zn. The summed E-state index contributed by atoms with van der Waals surface area (Å²) in [5, 5.41) is 8.38. The van der Waals surface area contributed by atoms with Gasteiger partial charge in [-0.3, -0.25) is 0 Å². The fraction of sp³-hybridized carbons (Fsp3) is 0.0909. The van der Waals surface area contributed by atoms with Gasteiger partial charge in [0.25, 0.3) is 0 Å². The van der Waals surface area contributed by atoms with E-state index in [1.165, 1.54) is 7.11 Å². The Labute approximate surface area is 107 Å². The molecule has 0 atom stereocenters. The van der Waals surface area contributed by atoms with Crippen molar-refractivity contribution in [1.82, 2.24) is 0 Å². The van der Waals surface area contributed by atoms with E-state index in [0.717, 1.165) is 6.08 Å². The third-order valence-electron chi connectivity index (χ3n) is 1.39. The van der Waals surface area contributed by atoms with Crippen LogP contribution in [0.3, 0.4) is 0 Å². The minimum Gasteiger partial charge on any atom is -0.478 e. The molecule has 5 heteroatoms. The maximum absolute atomic E-state index is 10.2. The Hall–Kier alpha value is -1.48. The molecule has 1 aromatic carbocycles. The van der Waals surface area contributed by atoms with Crippen LogP contribution in [0.5, 0.6) is 0 Å². The summed E-state index contributed by atoms with van der Waals surface area (Å²) >= 11 is 0. The van der Waals surface area contributed by atoms with Gasteiger partial charge in [-0.2, -0.15) is 0 Å². The molecular weight excluding hydrogens is 262 g/mol. The first kappa shape index (κ1) is 16.9. The molecule has 0 aliphatic rings. The number of carbonyl (C=O) groups excluding carboxylic acids is 1. The van der Waals surface area contributed by atoms with Gasteiger partial charge in [0.15, 0.2) is 0 Å². The zero-order valence-electron chi connectivity index (χ0n) is 9.05. The number of aromatic carboxylic acids is 1.